The van der Waals surface area contributed by atoms with Crippen molar-refractivity contribution in [2.45, 2.75) is 97.8 Å². The lowest BCUT2D eigenvalue weighted by Gasteiger charge is -2.26. The molecule has 0 spiro atoms. The van der Waals surface area contributed by atoms with Crippen LogP contribution >= 0.6 is 0 Å². The maximum atomic E-state index is 13.4. The molecular formula is C35H59N7O8. The first-order valence-electron chi connectivity index (χ1n) is 17.2. The normalized spacial score (nSPS) is 12.3. The number of nitrogens with two attached hydrogens (primary N) is 2. The molecule has 6 amide bonds. The summed E-state index contributed by atoms with van der Waals surface area (Å²) >= 11 is 0. The monoisotopic (exact) mass is 705 g/mol. The third-order valence-corrected chi connectivity index (χ3v) is 7.72. The van der Waals surface area contributed by atoms with Crippen molar-refractivity contribution in [1.82, 2.24) is 20.4 Å². The Hall–Kier alpha value is -4.40. The van der Waals surface area contributed by atoms with Gasteiger partial charge < -0.3 is 46.7 Å². The Balaban J connectivity index is 2.79. The average Bonchev–Trinajstić information content (AvgIpc) is 3.03. The van der Waals surface area contributed by atoms with Crippen LogP contribution < -0.4 is 27.4 Å². The molecule has 0 aliphatic rings. The van der Waals surface area contributed by atoms with Gasteiger partial charge in [-0.2, -0.15) is 0 Å². The van der Waals surface area contributed by atoms with Crippen molar-refractivity contribution in [3.63, 3.8) is 0 Å². The highest BCUT2D eigenvalue weighted by molar-refractivity contribution is 5.98. The summed E-state index contributed by atoms with van der Waals surface area (Å²) in [6.07, 6.45) is 2.38. The summed E-state index contributed by atoms with van der Waals surface area (Å²) in [5.74, 6) is -1.61. The van der Waals surface area contributed by atoms with E-state index in [0.29, 0.717) is 37.1 Å². The standard InChI is InChI=1S/C35H59N7O8/c1-24(2)28(22-27(43)12-9-8-10-18-36)30(44)40-29(13-11-19-38-32(37)46)31(45)39-26-16-14-25(15-17-26)23-49-33(47)41(6)20-21-42(7)34(48)50-35(3,4)5/h14-17,24,28-29H,8-13,18-23,36H2,1-7H3,(H,39,45)(H,40,44)(H3,37,38,46)/t28-,29-/m1/s1. The molecule has 0 aliphatic heterocycles. The van der Waals surface area contributed by atoms with Crippen molar-refractivity contribution >= 4 is 41.5 Å². The van der Waals surface area contributed by atoms with E-state index in [2.05, 4.69) is 16.0 Å². The number of hydrogen-bond acceptors (Lipinski definition) is 9. The van der Waals surface area contributed by atoms with Gasteiger partial charge >= 0.3 is 18.2 Å². The number of primary amides is 1. The molecule has 282 valence electrons. The summed E-state index contributed by atoms with van der Waals surface area (Å²) < 4.78 is 10.7. The molecule has 0 bridgehead atoms. The van der Waals surface area contributed by atoms with Crippen LogP contribution in [0.4, 0.5) is 20.1 Å². The highest BCUT2D eigenvalue weighted by Crippen LogP contribution is 2.19. The number of likely N-dealkylation sites (N-methyl/N-ethyl adjacent to an activating group) is 2. The fraction of sp³-hybridized carbons (Fsp3) is 0.657. The van der Waals surface area contributed by atoms with Crippen LogP contribution in [0.5, 0.6) is 0 Å². The van der Waals surface area contributed by atoms with E-state index < -0.39 is 47.6 Å². The van der Waals surface area contributed by atoms with Gasteiger partial charge in [0.15, 0.2) is 0 Å². The van der Waals surface area contributed by atoms with Gasteiger partial charge in [-0.1, -0.05) is 32.4 Å². The molecule has 2 atom stereocenters. The maximum Gasteiger partial charge on any atom is 0.410 e. The lowest BCUT2D eigenvalue weighted by Crippen LogP contribution is -2.47. The second-order valence-corrected chi connectivity index (χ2v) is 13.8. The molecule has 0 aromatic heterocycles. The van der Waals surface area contributed by atoms with Gasteiger partial charge in [0, 0.05) is 58.2 Å². The van der Waals surface area contributed by atoms with E-state index in [1.165, 1.54) is 9.80 Å². The number of carbonyl (C=O) groups is 6. The number of unbranched alkanes of at least 4 members (excludes halogenated alkanes) is 2. The van der Waals surface area contributed by atoms with Crippen molar-refractivity contribution in [2.24, 2.45) is 23.3 Å². The number of anilines is 1. The van der Waals surface area contributed by atoms with E-state index >= 15 is 0 Å². The lowest BCUT2D eigenvalue weighted by molar-refractivity contribution is -0.133. The van der Waals surface area contributed by atoms with E-state index in [1.807, 2.05) is 13.8 Å². The molecule has 50 heavy (non-hydrogen) atoms. The number of ketones is 1. The molecule has 0 aliphatic carbocycles. The van der Waals surface area contributed by atoms with Crippen LogP contribution in [0.25, 0.3) is 0 Å². The zero-order valence-corrected chi connectivity index (χ0v) is 30.8. The van der Waals surface area contributed by atoms with E-state index in [-0.39, 0.29) is 50.8 Å². The molecule has 0 saturated heterocycles. The Kier molecular flexibility index (Phi) is 19.5. The third kappa shape index (κ3) is 18.4. The van der Waals surface area contributed by atoms with Crippen LogP contribution in [0.2, 0.25) is 0 Å². The minimum atomic E-state index is -0.941. The summed E-state index contributed by atoms with van der Waals surface area (Å²) in [5.41, 5.74) is 11.2. The SMILES string of the molecule is CC(C)[C@@H](CC(=O)CCCCCN)C(=O)N[C@H](CCCNC(N)=O)C(=O)Nc1ccc(COC(=O)N(C)CCN(C)C(=O)OC(C)(C)C)cc1. The number of nitrogens with one attached hydrogen (secondary N) is 3. The minimum Gasteiger partial charge on any atom is -0.445 e. The molecule has 1 aromatic carbocycles. The largest absolute Gasteiger partial charge is 0.445 e. The number of nitrogens with zero attached hydrogens (tertiary/aromatic N) is 2. The average molecular weight is 706 g/mol. The predicted molar refractivity (Wildman–Crippen MR) is 191 cm³/mol. The molecule has 0 saturated carbocycles. The van der Waals surface area contributed by atoms with Crippen molar-refractivity contribution < 1.29 is 38.2 Å². The number of hydrogen-bond donors (Lipinski definition) is 5. The maximum absolute atomic E-state index is 13.4. The number of carbonyl (C=O) groups excluding carboxylic acids is 6. The fourth-order valence-electron chi connectivity index (χ4n) is 4.68. The van der Waals surface area contributed by atoms with Crippen LogP contribution in [-0.4, -0.2) is 97.5 Å². The third-order valence-electron chi connectivity index (χ3n) is 7.72. The highest BCUT2D eigenvalue weighted by atomic mass is 16.6. The van der Waals surface area contributed by atoms with Gasteiger partial charge in [0.2, 0.25) is 11.8 Å². The summed E-state index contributed by atoms with van der Waals surface area (Å²) in [6, 6.07) is 5.05. The first kappa shape index (κ1) is 43.6. The smallest absolute Gasteiger partial charge is 0.410 e. The number of Topliss-reactive ketones (excluding diaryl/α,β-unsaturated/α-hetero) is 1. The van der Waals surface area contributed by atoms with E-state index in [0.717, 1.165) is 12.8 Å². The lowest BCUT2D eigenvalue weighted by atomic mass is 9.88. The van der Waals surface area contributed by atoms with Crippen molar-refractivity contribution in [1.29, 1.82) is 0 Å². The Bertz CT molecular complexity index is 1250. The zero-order valence-electron chi connectivity index (χ0n) is 30.8. The predicted octanol–water partition coefficient (Wildman–Crippen LogP) is 3.74. The Morgan fingerprint density at radius 2 is 1.48 bits per heavy atom. The first-order chi connectivity index (χ1) is 23.4. The molecule has 15 nitrogen and oxygen atoms in total. The number of urea groups is 1. The van der Waals surface area contributed by atoms with Crippen molar-refractivity contribution in [2.75, 3.05) is 45.6 Å². The topological polar surface area (TPSA) is 215 Å². The molecule has 0 heterocycles. The summed E-state index contributed by atoms with van der Waals surface area (Å²) in [6.45, 7) is 10.3. The second-order valence-electron chi connectivity index (χ2n) is 13.8. The van der Waals surface area contributed by atoms with Crippen molar-refractivity contribution in [3.05, 3.63) is 29.8 Å². The van der Waals surface area contributed by atoms with Gasteiger partial charge in [0.05, 0.1) is 0 Å². The molecule has 1 rings (SSSR count). The molecule has 0 unspecified atom stereocenters. The molecule has 15 heteroatoms. The van der Waals surface area contributed by atoms with Gasteiger partial charge in [0.25, 0.3) is 0 Å². The molecule has 7 N–H and O–H groups in total. The van der Waals surface area contributed by atoms with Crippen molar-refractivity contribution in [3.8, 4) is 0 Å². The fourth-order valence-corrected chi connectivity index (χ4v) is 4.68. The second kappa shape index (κ2) is 22.3. The zero-order chi connectivity index (χ0) is 37.9. The summed E-state index contributed by atoms with van der Waals surface area (Å²) in [4.78, 5) is 77.8. The van der Waals surface area contributed by atoms with E-state index in [4.69, 9.17) is 20.9 Å². The molecule has 0 radical (unpaired) electrons. The molecular weight excluding hydrogens is 646 g/mol. The number of rotatable bonds is 21. The number of benzene rings is 1. The highest BCUT2D eigenvalue weighted by Gasteiger charge is 2.29. The van der Waals surface area contributed by atoms with Gasteiger partial charge in [-0.3, -0.25) is 14.4 Å². The summed E-state index contributed by atoms with van der Waals surface area (Å²) in [5, 5.41) is 8.10. The van der Waals surface area contributed by atoms with Crippen LogP contribution in [0, 0.1) is 11.8 Å². The number of ether oxygens (including phenoxy) is 2. The first-order valence-corrected chi connectivity index (χ1v) is 17.2. The van der Waals surface area contributed by atoms with Gasteiger partial charge in [-0.15, -0.1) is 0 Å². The van der Waals surface area contributed by atoms with Crippen LogP contribution in [0.15, 0.2) is 24.3 Å². The number of amides is 6. The van der Waals surface area contributed by atoms with E-state index in [9.17, 15) is 28.8 Å². The summed E-state index contributed by atoms with van der Waals surface area (Å²) in [7, 11) is 3.15. The van der Waals surface area contributed by atoms with E-state index in [1.54, 1.807) is 59.1 Å². The van der Waals surface area contributed by atoms with Gasteiger partial charge in [-0.05, 0) is 76.6 Å². The van der Waals surface area contributed by atoms with Crippen LogP contribution in [0.3, 0.4) is 0 Å². The molecule has 1 aromatic rings. The Morgan fingerprint density at radius 1 is 0.860 bits per heavy atom. The quantitative estimate of drug-likeness (QED) is 0.118. The minimum absolute atomic E-state index is 0.00857. The molecule has 0 fully saturated rings. The van der Waals surface area contributed by atoms with Crippen LogP contribution in [0.1, 0.15) is 85.1 Å². The Morgan fingerprint density at radius 3 is 2.04 bits per heavy atom. The van der Waals surface area contributed by atoms with Gasteiger partial charge in [0.1, 0.15) is 24.0 Å². The Labute approximate surface area is 296 Å². The van der Waals surface area contributed by atoms with Gasteiger partial charge in [-0.25, -0.2) is 14.4 Å². The van der Waals surface area contributed by atoms with Crippen LogP contribution in [-0.2, 0) is 30.5 Å².